The van der Waals surface area contributed by atoms with Crippen LogP contribution in [0.15, 0.2) is 42.5 Å². The highest BCUT2D eigenvalue weighted by Gasteiger charge is 2.21. The molecule has 3 rings (SSSR count). The van der Waals surface area contributed by atoms with Gasteiger partial charge in [-0.05, 0) is 43.5 Å². The van der Waals surface area contributed by atoms with Gasteiger partial charge in [-0.2, -0.15) is 0 Å². The Bertz CT molecular complexity index is 1160. The van der Waals surface area contributed by atoms with Crippen molar-refractivity contribution < 1.29 is 19.2 Å². The molecule has 154 valence electrons. The molecule has 0 aliphatic carbocycles. The number of benzene rings is 2. The zero-order valence-corrected chi connectivity index (χ0v) is 16.9. The second-order valence-corrected chi connectivity index (χ2v) is 6.83. The number of hydrogen-bond acceptors (Lipinski definition) is 6. The molecule has 0 radical (unpaired) electrons. The molecule has 0 bridgehead atoms. The van der Waals surface area contributed by atoms with Gasteiger partial charge in [-0.15, -0.1) is 0 Å². The van der Waals surface area contributed by atoms with Gasteiger partial charge in [-0.1, -0.05) is 31.2 Å². The highest BCUT2D eigenvalue weighted by Crippen LogP contribution is 2.26. The average molecular weight is 407 g/mol. The number of aromatic nitrogens is 1. The number of carbonyl (C=O) groups excluding carboxylic acids is 2. The minimum Gasteiger partial charge on any atom is -0.452 e. The van der Waals surface area contributed by atoms with Crippen molar-refractivity contribution in [3.63, 3.8) is 0 Å². The minimum atomic E-state index is -0.665. The second kappa shape index (κ2) is 8.69. The summed E-state index contributed by atoms with van der Waals surface area (Å²) in [6.45, 7) is 4.89. The number of amides is 1. The standard InChI is InChI=1S/C22H21N3O5/c1-4-16-14(3)21(15-7-5-6-8-17(15)23-16)22(27)30-12-20(26)24-18-10-9-13(2)11-19(18)25(28)29/h5-11H,4,12H2,1-3H3,(H,24,26). The summed E-state index contributed by atoms with van der Waals surface area (Å²) in [7, 11) is 0. The topological polar surface area (TPSA) is 111 Å². The highest BCUT2D eigenvalue weighted by atomic mass is 16.6. The average Bonchev–Trinajstić information content (AvgIpc) is 2.72. The maximum Gasteiger partial charge on any atom is 0.339 e. The van der Waals surface area contributed by atoms with Crippen LogP contribution in [-0.2, 0) is 16.0 Å². The minimum absolute atomic E-state index is 0.0467. The van der Waals surface area contributed by atoms with Crippen LogP contribution in [0, 0.1) is 24.0 Å². The lowest BCUT2D eigenvalue weighted by molar-refractivity contribution is -0.384. The number of carbonyl (C=O) groups is 2. The lowest BCUT2D eigenvalue weighted by atomic mass is 10.0. The number of fused-ring (bicyclic) bond motifs is 1. The van der Waals surface area contributed by atoms with Gasteiger partial charge in [0.05, 0.1) is 16.0 Å². The number of esters is 1. The number of para-hydroxylation sites is 1. The summed E-state index contributed by atoms with van der Waals surface area (Å²) in [5, 5.41) is 14.3. The fourth-order valence-electron chi connectivity index (χ4n) is 3.25. The highest BCUT2D eigenvalue weighted by molar-refractivity contribution is 6.06. The van der Waals surface area contributed by atoms with Crippen LogP contribution < -0.4 is 5.32 Å². The van der Waals surface area contributed by atoms with E-state index in [0.717, 1.165) is 5.69 Å². The number of nitrogens with zero attached hydrogens (tertiary/aromatic N) is 2. The first kappa shape index (κ1) is 20.9. The van der Waals surface area contributed by atoms with Gasteiger partial charge in [0.1, 0.15) is 5.69 Å². The van der Waals surface area contributed by atoms with Crippen molar-refractivity contribution in [1.82, 2.24) is 4.98 Å². The molecular formula is C22H21N3O5. The van der Waals surface area contributed by atoms with E-state index in [2.05, 4.69) is 10.3 Å². The molecule has 2 aromatic carbocycles. The SMILES string of the molecule is CCc1nc2ccccc2c(C(=O)OCC(=O)Nc2ccc(C)cc2[N+](=O)[O-])c1C. The Kier molecular flexibility index (Phi) is 6.06. The predicted octanol–water partition coefficient (Wildman–Crippen LogP) is 4.12. The van der Waals surface area contributed by atoms with Crippen LogP contribution in [0.4, 0.5) is 11.4 Å². The molecule has 30 heavy (non-hydrogen) atoms. The van der Waals surface area contributed by atoms with E-state index in [4.69, 9.17) is 4.74 Å². The first-order valence-electron chi connectivity index (χ1n) is 9.42. The van der Waals surface area contributed by atoms with E-state index in [1.54, 1.807) is 32.0 Å². The Hall–Kier alpha value is -3.81. The summed E-state index contributed by atoms with van der Waals surface area (Å²) < 4.78 is 5.23. The van der Waals surface area contributed by atoms with E-state index >= 15 is 0 Å². The molecule has 0 saturated carbocycles. The van der Waals surface area contributed by atoms with Crippen LogP contribution in [0.2, 0.25) is 0 Å². The summed E-state index contributed by atoms with van der Waals surface area (Å²) in [6.07, 6.45) is 0.647. The monoisotopic (exact) mass is 407 g/mol. The van der Waals surface area contributed by atoms with Gasteiger partial charge < -0.3 is 10.1 Å². The molecule has 3 aromatic rings. The van der Waals surface area contributed by atoms with Crippen molar-refractivity contribution in [1.29, 1.82) is 0 Å². The van der Waals surface area contributed by atoms with Crippen LogP contribution in [0.5, 0.6) is 0 Å². The van der Waals surface area contributed by atoms with E-state index in [9.17, 15) is 19.7 Å². The van der Waals surface area contributed by atoms with Crippen molar-refractivity contribution in [3.05, 3.63) is 75.0 Å². The van der Waals surface area contributed by atoms with Crippen LogP contribution in [0.25, 0.3) is 10.9 Å². The number of nitro groups is 1. The number of ether oxygens (including phenoxy) is 1. The number of nitro benzene ring substituents is 1. The fourth-order valence-corrected chi connectivity index (χ4v) is 3.25. The van der Waals surface area contributed by atoms with Gasteiger partial charge in [-0.3, -0.25) is 19.9 Å². The van der Waals surface area contributed by atoms with E-state index in [1.807, 2.05) is 19.1 Å². The van der Waals surface area contributed by atoms with Crippen molar-refractivity contribution in [2.24, 2.45) is 0 Å². The molecule has 0 fully saturated rings. The molecule has 0 aliphatic rings. The number of rotatable bonds is 6. The van der Waals surface area contributed by atoms with Crippen molar-refractivity contribution in [3.8, 4) is 0 Å². The third-order valence-corrected chi connectivity index (χ3v) is 4.73. The largest absolute Gasteiger partial charge is 0.452 e. The van der Waals surface area contributed by atoms with Crippen molar-refractivity contribution >= 4 is 34.2 Å². The maximum absolute atomic E-state index is 12.8. The van der Waals surface area contributed by atoms with E-state index in [0.29, 0.717) is 34.0 Å². The third kappa shape index (κ3) is 4.27. The number of pyridine rings is 1. The fraction of sp³-hybridized carbons (Fsp3) is 0.227. The molecular weight excluding hydrogens is 386 g/mol. The van der Waals surface area contributed by atoms with Gasteiger partial charge >= 0.3 is 5.97 Å². The van der Waals surface area contributed by atoms with Gasteiger partial charge in [0.2, 0.25) is 0 Å². The van der Waals surface area contributed by atoms with Crippen molar-refractivity contribution in [2.75, 3.05) is 11.9 Å². The third-order valence-electron chi connectivity index (χ3n) is 4.73. The summed E-state index contributed by atoms with van der Waals surface area (Å²) in [5.74, 6) is -1.31. The molecule has 0 aliphatic heterocycles. The van der Waals surface area contributed by atoms with Crippen LogP contribution in [0.3, 0.4) is 0 Å². The van der Waals surface area contributed by atoms with E-state index in [1.165, 1.54) is 12.1 Å². The molecule has 0 spiro atoms. The Morgan fingerprint density at radius 3 is 2.60 bits per heavy atom. The molecule has 8 heteroatoms. The second-order valence-electron chi connectivity index (χ2n) is 6.83. The number of aryl methyl sites for hydroxylation is 2. The quantitative estimate of drug-likeness (QED) is 0.374. The summed E-state index contributed by atoms with van der Waals surface area (Å²) in [5.41, 5.74) is 3.04. The first-order chi connectivity index (χ1) is 14.3. The molecule has 0 atom stereocenters. The van der Waals surface area contributed by atoms with Gasteiger partial charge in [0.25, 0.3) is 11.6 Å². The summed E-state index contributed by atoms with van der Waals surface area (Å²) in [6, 6.07) is 11.7. The Labute approximate surface area is 173 Å². The Balaban J connectivity index is 1.79. The molecule has 1 N–H and O–H groups in total. The lowest BCUT2D eigenvalue weighted by Gasteiger charge is -2.13. The van der Waals surface area contributed by atoms with Crippen LogP contribution in [0.1, 0.15) is 34.1 Å². The smallest absolute Gasteiger partial charge is 0.339 e. The first-order valence-corrected chi connectivity index (χ1v) is 9.42. The molecule has 1 amide bonds. The molecule has 0 unspecified atom stereocenters. The van der Waals surface area contributed by atoms with Gasteiger partial charge in [0, 0.05) is 17.1 Å². The predicted molar refractivity (Wildman–Crippen MR) is 113 cm³/mol. The number of anilines is 1. The lowest BCUT2D eigenvalue weighted by Crippen LogP contribution is -2.22. The Morgan fingerprint density at radius 1 is 1.17 bits per heavy atom. The number of hydrogen-bond donors (Lipinski definition) is 1. The molecule has 0 saturated heterocycles. The molecule has 8 nitrogen and oxygen atoms in total. The summed E-state index contributed by atoms with van der Waals surface area (Å²) in [4.78, 5) is 40.2. The van der Waals surface area contributed by atoms with Crippen molar-refractivity contribution in [2.45, 2.75) is 27.2 Å². The number of nitrogens with one attached hydrogen (secondary N) is 1. The van der Waals surface area contributed by atoms with Crippen LogP contribution >= 0.6 is 0 Å². The summed E-state index contributed by atoms with van der Waals surface area (Å²) >= 11 is 0. The van der Waals surface area contributed by atoms with Gasteiger partial charge in [-0.25, -0.2) is 4.79 Å². The van der Waals surface area contributed by atoms with Gasteiger partial charge in [0.15, 0.2) is 6.61 Å². The van der Waals surface area contributed by atoms with E-state index in [-0.39, 0.29) is 11.4 Å². The maximum atomic E-state index is 12.8. The molecule has 1 aromatic heterocycles. The Morgan fingerprint density at radius 2 is 1.90 bits per heavy atom. The van der Waals surface area contributed by atoms with E-state index < -0.39 is 23.4 Å². The zero-order chi connectivity index (χ0) is 21.8. The molecule has 1 heterocycles. The zero-order valence-electron chi connectivity index (χ0n) is 16.9. The van der Waals surface area contributed by atoms with Crippen LogP contribution in [-0.4, -0.2) is 28.4 Å². The normalized spacial score (nSPS) is 10.6.